The lowest BCUT2D eigenvalue weighted by Crippen LogP contribution is -2.52. The number of fused-ring (bicyclic) bond motifs is 1. The number of nitrogens with zero attached hydrogens (tertiary/aromatic N) is 2. The topological polar surface area (TPSA) is 79.3 Å². The molecule has 2 aromatic rings. The monoisotopic (exact) mass is 422 g/mol. The molecule has 2 aliphatic heterocycles. The van der Waals surface area contributed by atoms with Crippen LogP contribution < -0.4 is 9.80 Å². The number of carbonyl (C=O) groups is 2. The summed E-state index contributed by atoms with van der Waals surface area (Å²) in [7, 11) is 1.37. The van der Waals surface area contributed by atoms with Crippen LogP contribution in [0.3, 0.4) is 0 Å². The molecule has 1 saturated carbocycles. The van der Waals surface area contributed by atoms with Crippen molar-refractivity contribution < 1.29 is 24.2 Å². The van der Waals surface area contributed by atoms with Crippen molar-refractivity contribution in [1.29, 1.82) is 0 Å². The highest BCUT2D eigenvalue weighted by Gasteiger charge is 2.41. The molecule has 2 heterocycles. The van der Waals surface area contributed by atoms with Crippen LogP contribution in [0.5, 0.6) is 0 Å². The minimum atomic E-state index is -0.904. The molecule has 1 aliphatic carbocycles. The first-order valence-electron chi connectivity index (χ1n) is 10.6. The first kappa shape index (κ1) is 20.0. The number of anilines is 2. The Hall–Kier alpha value is -2.90. The predicted octanol–water partition coefficient (Wildman–Crippen LogP) is 3.29. The summed E-state index contributed by atoms with van der Waals surface area (Å²) < 4.78 is 10.1. The fourth-order valence-corrected chi connectivity index (χ4v) is 4.38. The summed E-state index contributed by atoms with van der Waals surface area (Å²) in [6.45, 7) is 2.98. The molecule has 0 bridgehead atoms. The quantitative estimate of drug-likeness (QED) is 0.821. The molecule has 2 amide bonds. The van der Waals surface area contributed by atoms with Gasteiger partial charge in [0.25, 0.3) is 0 Å². The lowest BCUT2D eigenvalue weighted by molar-refractivity contribution is -0.184. The SMILES string of the molecule is COC(=O)N1c2ccc(-c3ccc(C4(O)COC4)cc3)cc2N(C(=O)C2CC2)C[C@@H]1C. The van der Waals surface area contributed by atoms with E-state index in [1.54, 1.807) is 4.90 Å². The van der Waals surface area contributed by atoms with Crippen molar-refractivity contribution in [3.05, 3.63) is 48.0 Å². The molecule has 31 heavy (non-hydrogen) atoms. The second-order valence-electron chi connectivity index (χ2n) is 8.72. The number of amides is 2. The Balaban J connectivity index is 1.53. The summed E-state index contributed by atoms with van der Waals surface area (Å²) in [5.41, 5.74) is 3.25. The second kappa shape index (κ2) is 7.35. The molecular weight excluding hydrogens is 396 g/mol. The van der Waals surface area contributed by atoms with Crippen LogP contribution >= 0.6 is 0 Å². The van der Waals surface area contributed by atoms with Gasteiger partial charge >= 0.3 is 6.09 Å². The van der Waals surface area contributed by atoms with Crippen LogP contribution in [0, 0.1) is 5.92 Å². The van der Waals surface area contributed by atoms with Gasteiger partial charge in [-0.1, -0.05) is 30.3 Å². The van der Waals surface area contributed by atoms with Gasteiger partial charge in [-0.05, 0) is 48.6 Å². The van der Waals surface area contributed by atoms with Crippen LogP contribution in [-0.4, -0.2) is 50.0 Å². The van der Waals surface area contributed by atoms with E-state index in [4.69, 9.17) is 9.47 Å². The Bertz CT molecular complexity index is 1030. The van der Waals surface area contributed by atoms with E-state index >= 15 is 0 Å². The number of hydrogen-bond donors (Lipinski definition) is 1. The maximum atomic E-state index is 13.0. The largest absolute Gasteiger partial charge is 0.452 e. The standard InChI is InChI=1S/C24H26N2O5/c1-15-12-25(22(27)17-3-4-17)21-11-18(7-10-20(21)26(15)23(28)30-2)16-5-8-19(9-6-16)24(29)13-31-14-24/h5-11,15,17,29H,3-4,12-14H2,1-2H3/t15-/m0/s1. The number of carbonyl (C=O) groups excluding carboxylic acids is 2. The Kier molecular flexibility index (Phi) is 4.75. The van der Waals surface area contributed by atoms with Crippen LogP contribution in [0.4, 0.5) is 16.2 Å². The molecule has 1 N–H and O–H groups in total. The van der Waals surface area contributed by atoms with Gasteiger partial charge in [0.1, 0.15) is 5.60 Å². The van der Waals surface area contributed by atoms with Gasteiger partial charge in [0, 0.05) is 12.5 Å². The summed E-state index contributed by atoms with van der Waals surface area (Å²) in [4.78, 5) is 28.9. The van der Waals surface area contributed by atoms with Crippen molar-refractivity contribution in [3.8, 4) is 11.1 Å². The molecular formula is C24H26N2O5. The third kappa shape index (κ3) is 3.38. The first-order chi connectivity index (χ1) is 14.9. The zero-order valence-corrected chi connectivity index (χ0v) is 17.7. The number of methoxy groups -OCH3 is 1. The fourth-order valence-electron chi connectivity index (χ4n) is 4.38. The molecule has 1 saturated heterocycles. The third-order valence-electron chi connectivity index (χ3n) is 6.41. The Labute approximate surface area is 181 Å². The van der Waals surface area contributed by atoms with E-state index in [2.05, 4.69) is 0 Å². The van der Waals surface area contributed by atoms with Gasteiger partial charge in [-0.15, -0.1) is 0 Å². The van der Waals surface area contributed by atoms with E-state index in [0.29, 0.717) is 25.4 Å². The van der Waals surface area contributed by atoms with Gasteiger partial charge in [0.2, 0.25) is 5.91 Å². The summed E-state index contributed by atoms with van der Waals surface area (Å²) >= 11 is 0. The highest BCUT2D eigenvalue weighted by molar-refractivity contribution is 6.05. The summed E-state index contributed by atoms with van der Waals surface area (Å²) in [5, 5.41) is 10.5. The molecule has 1 atom stereocenters. The molecule has 2 fully saturated rings. The molecule has 7 heteroatoms. The van der Waals surface area contributed by atoms with E-state index in [-0.39, 0.29) is 17.9 Å². The zero-order chi connectivity index (χ0) is 21.8. The number of hydrogen-bond acceptors (Lipinski definition) is 5. The smallest absolute Gasteiger partial charge is 0.414 e. The van der Waals surface area contributed by atoms with Crippen LogP contribution in [0.25, 0.3) is 11.1 Å². The molecule has 3 aliphatic rings. The molecule has 0 aromatic heterocycles. The van der Waals surface area contributed by atoms with E-state index < -0.39 is 11.7 Å². The summed E-state index contributed by atoms with van der Waals surface area (Å²) in [6.07, 6.45) is 1.42. The molecule has 2 aromatic carbocycles. The maximum absolute atomic E-state index is 13.0. The molecule has 0 unspecified atom stereocenters. The van der Waals surface area contributed by atoms with Crippen molar-refractivity contribution >= 4 is 23.4 Å². The van der Waals surface area contributed by atoms with Gasteiger partial charge < -0.3 is 19.5 Å². The highest BCUT2D eigenvalue weighted by Crippen LogP contribution is 2.42. The van der Waals surface area contributed by atoms with Gasteiger partial charge in [-0.25, -0.2) is 4.79 Å². The van der Waals surface area contributed by atoms with Crippen LogP contribution in [0.15, 0.2) is 42.5 Å². The molecule has 5 rings (SSSR count). The Morgan fingerprint density at radius 1 is 1.06 bits per heavy atom. The summed E-state index contributed by atoms with van der Waals surface area (Å²) in [6, 6.07) is 13.4. The molecule has 7 nitrogen and oxygen atoms in total. The van der Waals surface area contributed by atoms with Crippen molar-refractivity contribution in [2.75, 3.05) is 36.7 Å². The van der Waals surface area contributed by atoms with Crippen molar-refractivity contribution in [2.45, 2.75) is 31.4 Å². The van der Waals surface area contributed by atoms with E-state index in [0.717, 1.165) is 35.2 Å². The van der Waals surface area contributed by atoms with Gasteiger partial charge in [0.05, 0.1) is 37.7 Å². The predicted molar refractivity (Wildman–Crippen MR) is 116 cm³/mol. The van der Waals surface area contributed by atoms with Crippen LogP contribution in [0.1, 0.15) is 25.3 Å². The van der Waals surface area contributed by atoms with Gasteiger partial charge in [0.15, 0.2) is 0 Å². The fraction of sp³-hybridized carbons (Fsp3) is 0.417. The van der Waals surface area contributed by atoms with E-state index in [1.165, 1.54) is 7.11 Å². The number of benzene rings is 2. The average Bonchev–Trinajstić information content (AvgIpc) is 3.61. The van der Waals surface area contributed by atoms with E-state index in [9.17, 15) is 14.7 Å². The lowest BCUT2D eigenvalue weighted by Gasteiger charge is -2.40. The van der Waals surface area contributed by atoms with Crippen molar-refractivity contribution in [1.82, 2.24) is 0 Å². The molecule has 0 radical (unpaired) electrons. The Morgan fingerprint density at radius 3 is 2.32 bits per heavy atom. The highest BCUT2D eigenvalue weighted by atomic mass is 16.5. The van der Waals surface area contributed by atoms with Gasteiger partial charge in [-0.2, -0.15) is 0 Å². The van der Waals surface area contributed by atoms with Gasteiger partial charge in [-0.3, -0.25) is 9.69 Å². The third-order valence-corrected chi connectivity index (χ3v) is 6.41. The molecule has 0 spiro atoms. The van der Waals surface area contributed by atoms with Crippen molar-refractivity contribution in [3.63, 3.8) is 0 Å². The lowest BCUT2D eigenvalue weighted by atomic mass is 9.90. The Morgan fingerprint density at radius 2 is 1.74 bits per heavy atom. The zero-order valence-electron chi connectivity index (χ0n) is 17.7. The normalized spacial score (nSPS) is 21.8. The second-order valence-corrected chi connectivity index (χ2v) is 8.72. The van der Waals surface area contributed by atoms with E-state index in [1.807, 2.05) is 54.3 Å². The minimum absolute atomic E-state index is 0.0816. The molecule has 162 valence electrons. The first-order valence-corrected chi connectivity index (χ1v) is 10.6. The number of rotatable bonds is 3. The summed E-state index contributed by atoms with van der Waals surface area (Å²) in [5.74, 6) is 0.204. The maximum Gasteiger partial charge on any atom is 0.414 e. The number of aliphatic hydroxyl groups is 1. The van der Waals surface area contributed by atoms with Crippen molar-refractivity contribution in [2.24, 2.45) is 5.92 Å². The average molecular weight is 422 g/mol. The minimum Gasteiger partial charge on any atom is -0.452 e. The van der Waals surface area contributed by atoms with Crippen LogP contribution in [0.2, 0.25) is 0 Å². The number of ether oxygens (including phenoxy) is 2. The van der Waals surface area contributed by atoms with Crippen LogP contribution in [-0.2, 0) is 19.9 Å².